The number of hydrogen-bond acceptors (Lipinski definition) is 6. The van der Waals surface area contributed by atoms with Crippen LogP contribution < -0.4 is 5.32 Å². The van der Waals surface area contributed by atoms with Crippen LogP contribution in [0.4, 0.5) is 4.39 Å². The highest BCUT2D eigenvalue weighted by molar-refractivity contribution is 7.05. The average molecular weight is 444 g/mol. The first kappa shape index (κ1) is 21.0. The fraction of sp³-hybridized carbons (Fsp3) is 0.565. The zero-order chi connectivity index (χ0) is 21.4. The molecule has 4 heterocycles. The lowest BCUT2D eigenvalue weighted by Crippen LogP contribution is -2.53. The lowest BCUT2D eigenvalue weighted by atomic mass is 9.93. The molecule has 166 valence electrons. The summed E-state index contributed by atoms with van der Waals surface area (Å²) in [5.74, 6) is 0.599. The molecule has 5 rings (SSSR count). The van der Waals surface area contributed by atoms with Gasteiger partial charge >= 0.3 is 0 Å². The van der Waals surface area contributed by atoms with Gasteiger partial charge in [-0.1, -0.05) is 18.2 Å². The molecule has 0 spiro atoms. The number of nitrogens with zero attached hydrogens (tertiary/aromatic N) is 4. The van der Waals surface area contributed by atoms with Gasteiger partial charge in [-0.3, -0.25) is 4.90 Å². The molecular formula is C23H30FN5OS. The van der Waals surface area contributed by atoms with Gasteiger partial charge in [0, 0.05) is 49.3 Å². The quantitative estimate of drug-likeness (QED) is 0.650. The van der Waals surface area contributed by atoms with Crippen molar-refractivity contribution in [3.8, 4) is 0 Å². The van der Waals surface area contributed by atoms with Crippen LogP contribution in [0.25, 0.3) is 10.9 Å². The van der Waals surface area contributed by atoms with Crippen LogP contribution >= 0.6 is 11.5 Å². The van der Waals surface area contributed by atoms with E-state index in [4.69, 9.17) is 9.72 Å². The Morgan fingerprint density at radius 1 is 1.19 bits per heavy atom. The minimum Gasteiger partial charge on any atom is -0.367 e. The Hall–Kier alpha value is -1.87. The summed E-state index contributed by atoms with van der Waals surface area (Å²) in [5, 5.41) is 5.75. The third kappa shape index (κ3) is 4.67. The van der Waals surface area contributed by atoms with Crippen molar-refractivity contribution in [2.75, 3.05) is 19.7 Å². The van der Waals surface area contributed by atoms with Crippen LogP contribution in [0.1, 0.15) is 37.2 Å². The summed E-state index contributed by atoms with van der Waals surface area (Å²) in [6.07, 6.45) is 1.45. The molecule has 2 aromatic heterocycles. The predicted molar refractivity (Wildman–Crippen MR) is 121 cm³/mol. The van der Waals surface area contributed by atoms with Crippen molar-refractivity contribution in [3.63, 3.8) is 0 Å². The van der Waals surface area contributed by atoms with Crippen LogP contribution in [0, 0.1) is 5.92 Å². The maximum absolute atomic E-state index is 14.7. The zero-order valence-corrected chi connectivity index (χ0v) is 18.9. The van der Waals surface area contributed by atoms with E-state index in [1.807, 2.05) is 12.1 Å². The number of nitrogens with one attached hydrogen (secondary N) is 1. The van der Waals surface area contributed by atoms with Gasteiger partial charge in [0.15, 0.2) is 5.82 Å². The van der Waals surface area contributed by atoms with Crippen LogP contribution in [0.5, 0.6) is 0 Å². The second-order valence-electron chi connectivity index (χ2n) is 9.07. The molecule has 5 atom stereocenters. The van der Waals surface area contributed by atoms with E-state index >= 15 is 0 Å². The molecule has 2 fully saturated rings. The topological polar surface area (TPSA) is 55.2 Å². The van der Waals surface area contributed by atoms with Gasteiger partial charge in [0.2, 0.25) is 0 Å². The summed E-state index contributed by atoms with van der Waals surface area (Å²) < 4.78 is 27.3. The Labute approximate surface area is 186 Å². The molecule has 0 saturated carbocycles. The first-order valence-electron chi connectivity index (χ1n) is 11.2. The van der Waals surface area contributed by atoms with Crippen molar-refractivity contribution >= 4 is 22.4 Å². The number of alkyl halides is 1. The molecule has 6 nitrogen and oxygen atoms in total. The fourth-order valence-corrected chi connectivity index (χ4v) is 5.71. The summed E-state index contributed by atoms with van der Waals surface area (Å²) in [6.45, 7) is 8.01. The molecular weight excluding hydrogens is 413 g/mol. The lowest BCUT2D eigenvalue weighted by Gasteiger charge is -2.35. The predicted octanol–water partition coefficient (Wildman–Crippen LogP) is 3.79. The van der Waals surface area contributed by atoms with Crippen molar-refractivity contribution in [3.05, 3.63) is 47.4 Å². The van der Waals surface area contributed by atoms with E-state index < -0.39 is 6.17 Å². The summed E-state index contributed by atoms with van der Waals surface area (Å²) >= 11 is 1.45. The molecule has 2 aliphatic rings. The molecule has 0 aliphatic carbocycles. The van der Waals surface area contributed by atoms with E-state index in [-0.39, 0.29) is 18.6 Å². The molecule has 1 aromatic carbocycles. The van der Waals surface area contributed by atoms with Crippen molar-refractivity contribution in [1.29, 1.82) is 0 Å². The van der Waals surface area contributed by atoms with Crippen LogP contribution in [0.3, 0.4) is 0 Å². The van der Waals surface area contributed by atoms with E-state index in [1.165, 1.54) is 16.9 Å². The third-order valence-electron chi connectivity index (χ3n) is 6.36. The van der Waals surface area contributed by atoms with Gasteiger partial charge < -0.3 is 14.6 Å². The Morgan fingerprint density at radius 2 is 2.00 bits per heavy atom. The van der Waals surface area contributed by atoms with E-state index in [0.717, 1.165) is 30.2 Å². The number of hydrogen-bond donors (Lipinski definition) is 1. The summed E-state index contributed by atoms with van der Waals surface area (Å²) in [5.41, 5.74) is 1.14. The number of aromatic nitrogens is 3. The summed E-state index contributed by atoms with van der Waals surface area (Å²) in [4.78, 5) is 7.20. The first-order valence-corrected chi connectivity index (χ1v) is 11.9. The molecule has 31 heavy (non-hydrogen) atoms. The highest BCUT2D eigenvalue weighted by atomic mass is 32.1. The van der Waals surface area contributed by atoms with E-state index in [1.54, 1.807) is 0 Å². The van der Waals surface area contributed by atoms with Crippen LogP contribution in [-0.4, -0.2) is 56.8 Å². The smallest absolute Gasteiger partial charge is 0.171 e. The van der Waals surface area contributed by atoms with E-state index in [0.29, 0.717) is 30.9 Å². The molecule has 1 N–H and O–H groups in total. The monoisotopic (exact) mass is 443 g/mol. The molecule has 0 amide bonds. The molecule has 0 radical (unpaired) electrons. The first-order chi connectivity index (χ1) is 15.0. The van der Waals surface area contributed by atoms with Gasteiger partial charge in [0.1, 0.15) is 17.3 Å². The normalized spacial score (nSPS) is 30.1. The minimum atomic E-state index is -0.973. The second kappa shape index (κ2) is 8.94. The number of piperazine rings is 1. The van der Waals surface area contributed by atoms with E-state index in [2.05, 4.69) is 57.4 Å². The highest BCUT2D eigenvalue weighted by Crippen LogP contribution is 2.34. The number of halogens is 1. The van der Waals surface area contributed by atoms with Crippen molar-refractivity contribution < 1.29 is 9.13 Å². The second-order valence-corrected chi connectivity index (χ2v) is 9.91. The Morgan fingerprint density at radius 3 is 2.84 bits per heavy atom. The molecule has 3 aromatic rings. The molecule has 0 bridgehead atoms. The standard InChI is InChI=1S/C23H30FN5OS/c1-15-10-28(11-16(2)25-15)13-22-26-23(27-31-22)21-9-18(19(24)14-30-21)12-29-8-7-17-5-3-4-6-20(17)29/h3-8,15-16,18-19,21,25H,9-14H2,1-2H3. The molecule has 2 aliphatic heterocycles. The van der Waals surface area contributed by atoms with Crippen LogP contribution in [0.15, 0.2) is 36.5 Å². The van der Waals surface area contributed by atoms with Gasteiger partial charge in [0.05, 0.1) is 13.2 Å². The maximum atomic E-state index is 14.7. The van der Waals surface area contributed by atoms with Crippen molar-refractivity contribution in [2.45, 2.75) is 57.7 Å². The lowest BCUT2D eigenvalue weighted by molar-refractivity contribution is -0.0663. The minimum absolute atomic E-state index is 0.107. The third-order valence-corrected chi connectivity index (χ3v) is 7.07. The SMILES string of the molecule is CC1CN(Cc2nc(C3CC(Cn4ccc5ccccc54)C(F)CO3)ns2)CC(C)N1. The number of benzene rings is 1. The number of rotatable bonds is 5. The zero-order valence-electron chi connectivity index (χ0n) is 18.1. The maximum Gasteiger partial charge on any atom is 0.171 e. The van der Waals surface area contributed by atoms with Gasteiger partial charge in [-0.05, 0) is 49.3 Å². The van der Waals surface area contributed by atoms with Gasteiger partial charge in [-0.2, -0.15) is 4.37 Å². The molecule has 5 unspecified atom stereocenters. The average Bonchev–Trinajstić information content (AvgIpc) is 3.36. The summed E-state index contributed by atoms with van der Waals surface area (Å²) in [6, 6.07) is 11.3. The molecule has 2 saturated heterocycles. The molecule has 8 heteroatoms. The van der Waals surface area contributed by atoms with Gasteiger partial charge in [0.25, 0.3) is 0 Å². The van der Waals surface area contributed by atoms with Gasteiger partial charge in [-0.15, -0.1) is 0 Å². The van der Waals surface area contributed by atoms with Crippen molar-refractivity contribution in [2.24, 2.45) is 5.92 Å². The highest BCUT2D eigenvalue weighted by Gasteiger charge is 2.34. The Balaban J connectivity index is 1.25. The largest absolute Gasteiger partial charge is 0.367 e. The fourth-order valence-electron chi connectivity index (χ4n) is 4.98. The van der Waals surface area contributed by atoms with Crippen molar-refractivity contribution in [1.82, 2.24) is 24.1 Å². The van der Waals surface area contributed by atoms with Crippen LogP contribution in [0.2, 0.25) is 0 Å². The number of para-hydroxylation sites is 1. The van der Waals surface area contributed by atoms with Gasteiger partial charge in [-0.25, -0.2) is 9.37 Å². The van der Waals surface area contributed by atoms with E-state index in [9.17, 15) is 4.39 Å². The summed E-state index contributed by atoms with van der Waals surface area (Å²) in [7, 11) is 0. The Bertz CT molecular complexity index is 1010. The Kier molecular flexibility index (Phi) is 6.05. The number of fused-ring (bicyclic) bond motifs is 1. The van der Waals surface area contributed by atoms with Crippen LogP contribution in [-0.2, 0) is 17.8 Å². The number of ether oxygens (including phenoxy) is 1.